The lowest BCUT2D eigenvalue weighted by molar-refractivity contribution is 0.0295. The molecule has 2 aromatic rings. The Labute approximate surface area is 175 Å². The maximum atomic E-state index is 11.0. The Balaban J connectivity index is 1.88. The van der Waals surface area contributed by atoms with Crippen LogP contribution in [-0.4, -0.2) is 23.2 Å². The summed E-state index contributed by atoms with van der Waals surface area (Å²) in [7, 11) is 1.61. The molecular weight excluding hydrogens is 388 g/mol. The van der Waals surface area contributed by atoms with Crippen LogP contribution in [0.1, 0.15) is 44.1 Å². The van der Waals surface area contributed by atoms with E-state index in [0.717, 1.165) is 42.4 Å². The minimum Gasteiger partial charge on any atom is -0.769 e. The van der Waals surface area contributed by atoms with Crippen molar-refractivity contribution in [2.75, 3.05) is 23.0 Å². The first-order valence-electron chi connectivity index (χ1n) is 9.91. The molecular formula is C21H26N4O5-2. The Morgan fingerprint density at radius 2 is 1.80 bits per heavy atom. The first kappa shape index (κ1) is 21.8. The third-order valence-corrected chi connectivity index (χ3v) is 5.35. The monoisotopic (exact) mass is 414 g/mol. The fourth-order valence-corrected chi connectivity index (χ4v) is 3.70. The highest BCUT2D eigenvalue weighted by Gasteiger charge is 2.18. The fourth-order valence-electron chi connectivity index (χ4n) is 3.70. The zero-order chi connectivity index (χ0) is 21.5. The predicted molar refractivity (Wildman–Crippen MR) is 116 cm³/mol. The SMILES string of the molecule is COc1ccc(C(CC2CCCCC2)=NNc2ccc(N([O-])[O-])cc2N(O)O)cc1. The summed E-state index contributed by atoms with van der Waals surface area (Å²) in [5.41, 5.74) is 4.42. The fraction of sp³-hybridized carbons (Fsp3) is 0.381. The lowest BCUT2D eigenvalue weighted by Crippen LogP contribution is -2.16. The Hall–Kier alpha value is -2.85. The maximum Gasteiger partial charge on any atom is 0.121 e. The van der Waals surface area contributed by atoms with Gasteiger partial charge in [0.2, 0.25) is 0 Å². The van der Waals surface area contributed by atoms with Gasteiger partial charge in [0.25, 0.3) is 0 Å². The van der Waals surface area contributed by atoms with Crippen LogP contribution in [0, 0.1) is 16.3 Å². The molecule has 2 aromatic carbocycles. The van der Waals surface area contributed by atoms with Crippen LogP contribution in [0.5, 0.6) is 5.75 Å². The third-order valence-electron chi connectivity index (χ3n) is 5.35. The second kappa shape index (κ2) is 10.3. The van der Waals surface area contributed by atoms with Crippen molar-refractivity contribution in [3.8, 4) is 5.75 Å². The summed E-state index contributed by atoms with van der Waals surface area (Å²) in [6.45, 7) is 0. The Kier molecular flexibility index (Phi) is 7.47. The minimum absolute atomic E-state index is 0.154. The summed E-state index contributed by atoms with van der Waals surface area (Å²) in [6.07, 6.45) is 6.77. The van der Waals surface area contributed by atoms with E-state index in [4.69, 9.17) is 4.74 Å². The van der Waals surface area contributed by atoms with Crippen molar-refractivity contribution < 1.29 is 15.2 Å². The zero-order valence-electron chi connectivity index (χ0n) is 16.8. The summed E-state index contributed by atoms with van der Waals surface area (Å²) in [5, 5.41) is 44.7. The summed E-state index contributed by atoms with van der Waals surface area (Å²) in [4.78, 5) is 0. The van der Waals surface area contributed by atoms with Crippen molar-refractivity contribution in [3.63, 3.8) is 0 Å². The molecule has 9 heteroatoms. The summed E-state index contributed by atoms with van der Waals surface area (Å²) < 4.78 is 5.23. The lowest BCUT2D eigenvalue weighted by Gasteiger charge is -2.37. The van der Waals surface area contributed by atoms with Gasteiger partial charge >= 0.3 is 0 Å². The molecule has 0 aliphatic heterocycles. The van der Waals surface area contributed by atoms with Gasteiger partial charge in [-0.15, -0.1) is 5.23 Å². The molecule has 0 spiro atoms. The molecule has 1 aliphatic carbocycles. The highest BCUT2D eigenvalue weighted by atomic mass is 16.8. The van der Waals surface area contributed by atoms with E-state index >= 15 is 0 Å². The molecule has 0 atom stereocenters. The molecule has 0 unspecified atom stereocenters. The second-order valence-electron chi connectivity index (χ2n) is 7.35. The Morgan fingerprint density at radius 3 is 2.40 bits per heavy atom. The molecule has 162 valence electrons. The quantitative estimate of drug-likeness (QED) is 0.412. The van der Waals surface area contributed by atoms with Crippen molar-refractivity contribution in [3.05, 3.63) is 58.4 Å². The van der Waals surface area contributed by atoms with Crippen LogP contribution in [0.4, 0.5) is 17.1 Å². The lowest BCUT2D eigenvalue weighted by atomic mass is 9.84. The van der Waals surface area contributed by atoms with Crippen LogP contribution in [0.15, 0.2) is 47.6 Å². The number of nitrogens with one attached hydrogen (secondary N) is 1. The molecule has 0 aromatic heterocycles. The Morgan fingerprint density at radius 1 is 1.10 bits per heavy atom. The third kappa shape index (κ3) is 5.61. The van der Waals surface area contributed by atoms with Crippen molar-refractivity contribution >= 4 is 22.8 Å². The van der Waals surface area contributed by atoms with Gasteiger partial charge in [0.15, 0.2) is 0 Å². The molecule has 0 heterocycles. The number of hydrogen-bond donors (Lipinski definition) is 3. The number of anilines is 3. The largest absolute Gasteiger partial charge is 0.769 e. The summed E-state index contributed by atoms with van der Waals surface area (Å²) in [5.74, 6) is 1.28. The average Bonchev–Trinajstić information content (AvgIpc) is 2.77. The van der Waals surface area contributed by atoms with Gasteiger partial charge in [0.05, 0.1) is 18.5 Å². The Bertz CT molecular complexity index is 849. The molecule has 1 aliphatic rings. The van der Waals surface area contributed by atoms with Crippen LogP contribution in [0.3, 0.4) is 0 Å². The molecule has 30 heavy (non-hydrogen) atoms. The molecule has 3 rings (SSSR count). The van der Waals surface area contributed by atoms with Gasteiger partial charge in [-0.2, -0.15) is 5.10 Å². The van der Waals surface area contributed by atoms with Gasteiger partial charge in [0, 0.05) is 5.69 Å². The number of nitrogens with zero attached hydrogens (tertiary/aromatic N) is 3. The topological polar surface area (TPSA) is 127 Å². The highest BCUT2D eigenvalue weighted by molar-refractivity contribution is 6.01. The molecule has 0 saturated heterocycles. The van der Waals surface area contributed by atoms with Crippen LogP contribution in [0.2, 0.25) is 0 Å². The molecule has 0 radical (unpaired) electrons. The van der Waals surface area contributed by atoms with E-state index in [1.807, 2.05) is 24.3 Å². The molecule has 0 amide bonds. The summed E-state index contributed by atoms with van der Waals surface area (Å²) >= 11 is 0. The van der Waals surface area contributed by atoms with Crippen LogP contribution < -0.4 is 20.6 Å². The average molecular weight is 414 g/mol. The maximum absolute atomic E-state index is 11.0. The van der Waals surface area contributed by atoms with Crippen molar-refractivity contribution in [1.29, 1.82) is 0 Å². The standard InChI is InChI=1S/C21H26N4O5/c1-30-18-10-7-16(8-11-18)20(13-15-5-3-2-4-6-15)23-22-19-12-9-17(24(26)27)14-21(19)25(28)29/h7-12,14-15,22,28-29H,2-6,13H2,1H3/q-2. The van der Waals surface area contributed by atoms with E-state index in [1.165, 1.54) is 31.4 Å². The molecule has 3 N–H and O–H groups in total. The summed E-state index contributed by atoms with van der Waals surface area (Å²) in [6, 6.07) is 11.3. The van der Waals surface area contributed by atoms with Crippen molar-refractivity contribution in [1.82, 2.24) is 0 Å². The molecule has 1 saturated carbocycles. The van der Waals surface area contributed by atoms with Crippen LogP contribution in [0.25, 0.3) is 0 Å². The van der Waals surface area contributed by atoms with Gasteiger partial charge in [-0.1, -0.05) is 32.1 Å². The van der Waals surface area contributed by atoms with Crippen LogP contribution >= 0.6 is 0 Å². The van der Waals surface area contributed by atoms with E-state index in [1.54, 1.807) is 7.11 Å². The number of benzene rings is 2. The number of methoxy groups -OCH3 is 1. The van der Waals surface area contributed by atoms with E-state index < -0.39 is 5.23 Å². The van der Waals surface area contributed by atoms with Gasteiger partial charge in [0.1, 0.15) is 11.4 Å². The van der Waals surface area contributed by atoms with Crippen molar-refractivity contribution in [2.45, 2.75) is 38.5 Å². The highest BCUT2D eigenvalue weighted by Crippen LogP contribution is 2.31. The van der Waals surface area contributed by atoms with E-state index in [2.05, 4.69) is 10.5 Å². The smallest absolute Gasteiger partial charge is 0.121 e. The van der Waals surface area contributed by atoms with E-state index in [-0.39, 0.29) is 22.3 Å². The first-order chi connectivity index (χ1) is 14.5. The van der Waals surface area contributed by atoms with Gasteiger partial charge in [-0.25, -0.2) is 0 Å². The second-order valence-corrected chi connectivity index (χ2v) is 7.35. The van der Waals surface area contributed by atoms with E-state index in [0.29, 0.717) is 5.92 Å². The number of hydrazone groups is 1. The number of rotatable bonds is 8. The molecule has 0 bridgehead atoms. The van der Waals surface area contributed by atoms with Crippen LogP contribution in [-0.2, 0) is 0 Å². The number of ether oxygens (including phenoxy) is 1. The zero-order valence-corrected chi connectivity index (χ0v) is 16.8. The van der Waals surface area contributed by atoms with Gasteiger partial charge in [-0.3, -0.25) is 15.8 Å². The minimum atomic E-state index is -0.605. The molecule has 1 fully saturated rings. The molecule has 9 nitrogen and oxygen atoms in total. The normalized spacial score (nSPS) is 15.0. The first-order valence-corrected chi connectivity index (χ1v) is 9.91. The van der Waals surface area contributed by atoms with Crippen molar-refractivity contribution in [2.24, 2.45) is 11.0 Å². The van der Waals surface area contributed by atoms with Gasteiger partial charge < -0.3 is 20.4 Å². The predicted octanol–water partition coefficient (Wildman–Crippen LogP) is 4.87. The van der Waals surface area contributed by atoms with Gasteiger partial charge in [-0.05, 0) is 60.4 Å². The van der Waals surface area contributed by atoms with E-state index in [9.17, 15) is 20.8 Å². The number of hydrogen-bond acceptors (Lipinski definition) is 9.